The summed E-state index contributed by atoms with van der Waals surface area (Å²) in [6, 6.07) is -32.8. The number of carbonyl (C=O) groups is 1. The van der Waals surface area contributed by atoms with Crippen LogP contribution in [0.1, 0.15) is 63.4 Å². The number of amides is 1. The van der Waals surface area contributed by atoms with E-state index >= 15 is 0 Å². The lowest BCUT2D eigenvalue weighted by Crippen LogP contribution is -2.28. The third-order valence-electron chi connectivity index (χ3n) is 8.61. The van der Waals surface area contributed by atoms with Crippen LogP contribution in [0.25, 0.3) is 56.2 Å². The van der Waals surface area contributed by atoms with Crippen molar-refractivity contribution in [1.29, 1.82) is 0 Å². The molecule has 5 heteroatoms. The normalized spacial score (nSPS) is 20.0. The van der Waals surface area contributed by atoms with Gasteiger partial charge in [0.15, 0.2) is 5.82 Å². The van der Waals surface area contributed by atoms with Crippen LogP contribution in [0.5, 0.6) is 0 Å². The van der Waals surface area contributed by atoms with Gasteiger partial charge >= 0.3 is 0 Å². The van der Waals surface area contributed by atoms with Crippen molar-refractivity contribution in [3.8, 4) is 56.2 Å². The van der Waals surface area contributed by atoms with E-state index in [0.29, 0.717) is 0 Å². The molecule has 0 saturated carbocycles. The average Bonchev–Trinajstić information content (AvgIpc) is 1.54. The van der Waals surface area contributed by atoms with Crippen LogP contribution >= 0.6 is 0 Å². The van der Waals surface area contributed by atoms with E-state index in [4.69, 9.17) is 21.9 Å². The van der Waals surface area contributed by atoms with Crippen LogP contribution in [-0.4, -0.2) is 30.5 Å². The Morgan fingerprint density at radius 3 is 1.80 bits per heavy atom. The number of fused-ring (bicyclic) bond motifs is 3. The number of rotatable bonds is 9. The van der Waals surface area contributed by atoms with E-state index in [-0.39, 0.29) is 17.8 Å². The molecule has 0 fully saturated rings. The van der Waals surface area contributed by atoms with E-state index in [0.717, 1.165) is 4.90 Å². The van der Waals surface area contributed by atoms with Gasteiger partial charge in [-0.25, -0.2) is 9.97 Å². The standard InChI is InChI=1S/C50H38N4O/c1-51-46-31-37(29-30-47(46)54(2)33-55)34-25-27-35(28-26-34)44-32-45(53-49(52-44)36-15-6-3-7-16-36)41-22-14-24-43-48(41)40-21-12-13-23-42(40)50(43,38-17-8-4-9-18-38)39-19-10-5-11-20-39/h3-33,51H,1-2H3/i3D,4D,5D,6D,7D,8D,9D,10D,11D,12D,13D,14D,15D,16D,17D,18D,19D,20D,21D,22D,23D,24D,25D,26D,27D,28D,29D,30D,31D,32D. The van der Waals surface area contributed by atoms with Gasteiger partial charge in [-0.3, -0.25) is 4.79 Å². The molecule has 0 radical (unpaired) electrons. The Bertz CT molecular complexity index is 4230. The molecular weight excluding hydrogens is 673 g/mol. The summed E-state index contributed by atoms with van der Waals surface area (Å²) in [5, 5.41) is 2.64. The summed E-state index contributed by atoms with van der Waals surface area (Å²) in [5.41, 5.74) is -16.3. The smallest absolute Gasteiger partial charge is 0.213 e. The van der Waals surface area contributed by atoms with Crippen molar-refractivity contribution in [3.05, 3.63) is 204 Å². The summed E-state index contributed by atoms with van der Waals surface area (Å²) >= 11 is 0. The lowest BCUT2D eigenvalue weighted by molar-refractivity contribution is -0.107. The van der Waals surface area contributed by atoms with Gasteiger partial charge in [0.05, 0.1) is 69.3 Å². The van der Waals surface area contributed by atoms with Gasteiger partial charge in [-0.2, -0.15) is 0 Å². The van der Waals surface area contributed by atoms with E-state index in [1.807, 2.05) is 0 Å². The number of benzene rings is 7. The molecule has 0 aliphatic heterocycles. The maximum Gasteiger partial charge on any atom is 0.213 e. The second kappa shape index (κ2) is 14.0. The quantitative estimate of drug-likeness (QED) is 0.150. The molecule has 1 aliphatic carbocycles. The largest absolute Gasteiger partial charge is 0.386 e. The van der Waals surface area contributed by atoms with Crippen LogP contribution in [0, 0.1) is 0 Å². The van der Waals surface area contributed by atoms with E-state index in [2.05, 4.69) is 15.3 Å². The molecule has 0 spiro atoms. The lowest BCUT2D eigenvalue weighted by Gasteiger charge is -2.33. The van der Waals surface area contributed by atoms with Crippen LogP contribution in [0.3, 0.4) is 0 Å². The first kappa shape index (κ1) is 14.3. The maximum atomic E-state index is 11.9. The SMILES string of the molecule is [2H]c1c(-c2c([2H])c([2H])c(-c3c([2H])c([2H])c(N(C)C=O)c(NC)c3[2H])c([2H])c2[2H])nc(-c2c([2H])c([2H])c([2H])c([2H])c2[2H])nc1-c1c([2H])c([2H])c([2H])c2c1-c1c([2H])c([2H])c([2H])c([2H])c1C2(c1c([2H])c([2H])c([2H])c([2H])c1[2H])c1c([2H])c([2H])c([2H])c([2H])c1[2H]. The molecule has 9 rings (SSSR count). The Morgan fingerprint density at radius 2 is 1.13 bits per heavy atom. The molecule has 1 aliphatic rings. The van der Waals surface area contributed by atoms with Crippen molar-refractivity contribution < 1.29 is 45.9 Å². The van der Waals surface area contributed by atoms with Crippen LogP contribution in [0.15, 0.2) is 181 Å². The Labute approximate surface area is 363 Å². The molecule has 0 unspecified atom stereocenters. The van der Waals surface area contributed by atoms with E-state index in [1.165, 1.54) is 14.1 Å². The predicted octanol–water partition coefficient (Wildman–Crippen LogP) is 11.1. The molecule has 0 saturated heterocycles. The fourth-order valence-electron chi connectivity index (χ4n) is 6.22. The third-order valence-corrected chi connectivity index (χ3v) is 8.61. The highest BCUT2D eigenvalue weighted by atomic mass is 16.1. The third kappa shape index (κ3) is 5.69. The van der Waals surface area contributed by atoms with Crippen molar-refractivity contribution in [2.45, 2.75) is 5.41 Å². The van der Waals surface area contributed by atoms with Gasteiger partial charge in [0.25, 0.3) is 0 Å². The molecule has 264 valence electrons. The average molecular weight is 741 g/mol. The number of anilines is 2. The van der Waals surface area contributed by atoms with Gasteiger partial charge in [0.1, 0.15) is 0 Å². The van der Waals surface area contributed by atoms with Crippen molar-refractivity contribution >= 4 is 17.8 Å². The molecule has 0 bridgehead atoms. The fourth-order valence-corrected chi connectivity index (χ4v) is 6.22. The Kier molecular flexibility index (Phi) is 3.64. The second-order valence-electron chi connectivity index (χ2n) is 11.6. The summed E-state index contributed by atoms with van der Waals surface area (Å²) in [5.74, 6) is -1.03. The van der Waals surface area contributed by atoms with Gasteiger partial charge in [0.2, 0.25) is 6.41 Å². The molecule has 1 amide bonds. The highest BCUT2D eigenvalue weighted by Gasteiger charge is 2.46. The van der Waals surface area contributed by atoms with Crippen molar-refractivity contribution in [2.24, 2.45) is 0 Å². The molecule has 1 heterocycles. The summed E-state index contributed by atoms with van der Waals surface area (Å²) in [7, 11) is 2.52. The van der Waals surface area contributed by atoms with E-state index in [9.17, 15) is 24.0 Å². The van der Waals surface area contributed by atoms with Gasteiger partial charge in [-0.1, -0.05) is 163 Å². The number of aromatic nitrogens is 2. The number of nitrogens with zero attached hydrogens (tertiary/aromatic N) is 3. The zero-order valence-electron chi connectivity index (χ0n) is 58.3. The zero-order chi connectivity index (χ0) is 63.5. The minimum atomic E-state index is -3.34. The summed E-state index contributed by atoms with van der Waals surface area (Å²) < 4.78 is 275. The Balaban J connectivity index is 1.58. The lowest BCUT2D eigenvalue weighted by atomic mass is 9.67. The zero-order valence-corrected chi connectivity index (χ0v) is 28.3. The number of nitrogens with one attached hydrogen (secondary N) is 1. The summed E-state index contributed by atoms with van der Waals surface area (Å²) in [4.78, 5) is 21.5. The van der Waals surface area contributed by atoms with Crippen LogP contribution < -0.4 is 10.2 Å². The predicted molar refractivity (Wildman–Crippen MR) is 225 cm³/mol. The molecule has 55 heavy (non-hydrogen) atoms. The summed E-state index contributed by atoms with van der Waals surface area (Å²) in [6.45, 7) is 0. The first-order valence-electron chi connectivity index (χ1n) is 31.1. The van der Waals surface area contributed by atoms with Crippen LogP contribution in [0.2, 0.25) is 0 Å². The van der Waals surface area contributed by atoms with Crippen LogP contribution in [0.4, 0.5) is 11.4 Å². The van der Waals surface area contributed by atoms with Gasteiger partial charge in [-0.05, 0) is 62.6 Å². The molecule has 0 atom stereocenters. The van der Waals surface area contributed by atoms with E-state index in [1.54, 1.807) is 0 Å². The van der Waals surface area contributed by atoms with Crippen molar-refractivity contribution in [1.82, 2.24) is 9.97 Å². The van der Waals surface area contributed by atoms with Crippen molar-refractivity contribution in [3.63, 3.8) is 0 Å². The monoisotopic (exact) mass is 740 g/mol. The second-order valence-corrected chi connectivity index (χ2v) is 11.6. The van der Waals surface area contributed by atoms with Crippen LogP contribution in [-0.2, 0) is 10.2 Å². The first-order valence-corrected chi connectivity index (χ1v) is 16.1. The highest BCUT2D eigenvalue weighted by Crippen LogP contribution is 2.58. The molecule has 7 aromatic carbocycles. The molecule has 1 aromatic heterocycles. The molecule has 8 aromatic rings. The Hall–Kier alpha value is -7.11. The Morgan fingerprint density at radius 1 is 0.564 bits per heavy atom. The van der Waals surface area contributed by atoms with Gasteiger partial charge < -0.3 is 10.2 Å². The van der Waals surface area contributed by atoms with Gasteiger partial charge in [0, 0.05) is 30.8 Å². The minimum absolute atomic E-state index is 0.261. The first-order chi connectivity index (χ1) is 39.6. The minimum Gasteiger partial charge on any atom is -0.386 e. The van der Waals surface area contributed by atoms with E-state index < -0.39 is 265 Å². The topological polar surface area (TPSA) is 58.1 Å². The molecule has 1 N–H and O–H groups in total. The summed E-state index contributed by atoms with van der Waals surface area (Å²) in [6.07, 6.45) is 0.281. The van der Waals surface area contributed by atoms with Crippen molar-refractivity contribution in [2.75, 3.05) is 24.3 Å². The van der Waals surface area contributed by atoms with Gasteiger partial charge in [-0.15, -0.1) is 0 Å². The number of hydrogen-bond acceptors (Lipinski definition) is 4. The number of carbonyl (C=O) groups excluding carboxylic acids is 1. The highest BCUT2D eigenvalue weighted by molar-refractivity contribution is 5.95. The molecule has 5 nitrogen and oxygen atoms in total. The molecular formula is C50H38N4O. The maximum absolute atomic E-state index is 11.9. The fraction of sp³-hybridized carbons (Fsp3) is 0.0600. The number of hydrogen-bond donors (Lipinski definition) is 1.